The molecule has 4 heteroatoms. The van der Waals surface area contributed by atoms with Crippen LogP contribution in [0.15, 0.2) is 12.1 Å². The van der Waals surface area contributed by atoms with Gasteiger partial charge in [-0.1, -0.05) is 11.6 Å². The van der Waals surface area contributed by atoms with Crippen molar-refractivity contribution in [1.82, 2.24) is 0 Å². The molecular formula is C11H9ClN2O. The van der Waals surface area contributed by atoms with Crippen molar-refractivity contribution in [2.24, 2.45) is 5.92 Å². The number of halogens is 1. The smallest absolute Gasteiger partial charge is 0.242 e. The van der Waals surface area contributed by atoms with Crippen molar-refractivity contribution in [2.75, 3.05) is 5.32 Å². The van der Waals surface area contributed by atoms with Crippen molar-refractivity contribution in [1.29, 1.82) is 5.26 Å². The molecule has 0 aromatic heterocycles. The number of rotatable bonds is 0. The van der Waals surface area contributed by atoms with Gasteiger partial charge in [-0.25, -0.2) is 0 Å². The van der Waals surface area contributed by atoms with Crippen molar-refractivity contribution < 1.29 is 4.79 Å². The summed E-state index contributed by atoms with van der Waals surface area (Å²) >= 11 is 5.98. The number of carbonyl (C=O) groups is 1. The van der Waals surface area contributed by atoms with Gasteiger partial charge in [0.2, 0.25) is 5.91 Å². The fourth-order valence-corrected chi connectivity index (χ4v) is 1.83. The summed E-state index contributed by atoms with van der Waals surface area (Å²) < 4.78 is 0. The Balaban J connectivity index is 2.46. The van der Waals surface area contributed by atoms with E-state index in [-0.39, 0.29) is 5.91 Å². The summed E-state index contributed by atoms with van der Waals surface area (Å²) in [6.07, 6.45) is 0.442. The molecule has 0 aliphatic carbocycles. The Morgan fingerprint density at radius 2 is 2.33 bits per heavy atom. The largest absolute Gasteiger partial charge is 0.325 e. The Morgan fingerprint density at radius 3 is 3.00 bits per heavy atom. The third-order valence-corrected chi connectivity index (χ3v) is 2.95. The van der Waals surface area contributed by atoms with Gasteiger partial charge in [-0.2, -0.15) is 5.26 Å². The lowest BCUT2D eigenvalue weighted by molar-refractivity contribution is -0.118. The van der Waals surface area contributed by atoms with E-state index in [2.05, 4.69) is 5.32 Å². The van der Waals surface area contributed by atoms with Crippen molar-refractivity contribution >= 4 is 23.2 Å². The number of hydrogen-bond acceptors (Lipinski definition) is 2. The molecule has 0 saturated carbocycles. The molecule has 2 rings (SSSR count). The van der Waals surface area contributed by atoms with Gasteiger partial charge in [0, 0.05) is 10.7 Å². The van der Waals surface area contributed by atoms with Gasteiger partial charge < -0.3 is 5.32 Å². The highest BCUT2D eigenvalue weighted by Gasteiger charge is 2.26. The molecule has 0 spiro atoms. The number of nitrogens with one attached hydrogen (secondary N) is 1. The van der Waals surface area contributed by atoms with Gasteiger partial charge in [0.15, 0.2) is 0 Å². The maximum absolute atomic E-state index is 11.4. The van der Waals surface area contributed by atoms with E-state index in [1.54, 1.807) is 0 Å². The minimum Gasteiger partial charge on any atom is -0.325 e. The molecule has 76 valence electrons. The highest BCUT2D eigenvalue weighted by molar-refractivity contribution is 6.31. The minimum absolute atomic E-state index is 0.230. The zero-order valence-corrected chi connectivity index (χ0v) is 8.93. The number of benzene rings is 1. The lowest BCUT2D eigenvalue weighted by atomic mass is 9.93. The standard InChI is InChI=1S/C11H9ClN2O/c1-6-2-10-7(4-9(6)12)3-8(5-13)11(15)14-10/h2,4,8H,3H2,1H3,(H,14,15). The molecule has 1 aliphatic rings. The average Bonchev–Trinajstić information content (AvgIpc) is 2.20. The molecule has 0 fully saturated rings. The molecule has 0 radical (unpaired) electrons. The quantitative estimate of drug-likeness (QED) is 0.729. The molecule has 0 bridgehead atoms. The van der Waals surface area contributed by atoms with Gasteiger partial charge in [-0.3, -0.25) is 4.79 Å². The number of carbonyl (C=O) groups excluding carboxylic acids is 1. The van der Waals surface area contributed by atoms with Crippen LogP contribution < -0.4 is 5.32 Å². The number of nitrogens with zero attached hydrogens (tertiary/aromatic N) is 1. The first-order chi connectivity index (χ1) is 7.11. The topological polar surface area (TPSA) is 52.9 Å². The van der Waals surface area contributed by atoms with Crippen molar-refractivity contribution in [2.45, 2.75) is 13.3 Å². The second-order valence-electron chi connectivity index (χ2n) is 3.63. The van der Waals surface area contributed by atoms with Crippen LogP contribution in [0.4, 0.5) is 5.69 Å². The van der Waals surface area contributed by atoms with Gasteiger partial charge in [-0.15, -0.1) is 0 Å². The molecule has 1 atom stereocenters. The number of amides is 1. The van der Waals surface area contributed by atoms with Crippen LogP contribution in [0, 0.1) is 24.2 Å². The Bertz CT molecular complexity index is 476. The van der Waals surface area contributed by atoms with Gasteiger partial charge >= 0.3 is 0 Å². The summed E-state index contributed by atoms with van der Waals surface area (Å²) in [7, 11) is 0. The van der Waals surface area contributed by atoms with E-state index < -0.39 is 5.92 Å². The SMILES string of the molecule is Cc1cc2c(cc1Cl)CC(C#N)C(=O)N2. The summed E-state index contributed by atoms with van der Waals surface area (Å²) in [5, 5.41) is 12.1. The molecule has 15 heavy (non-hydrogen) atoms. The Morgan fingerprint density at radius 1 is 1.60 bits per heavy atom. The summed E-state index contributed by atoms with van der Waals surface area (Å²) in [5.41, 5.74) is 2.62. The molecule has 1 N–H and O–H groups in total. The van der Waals surface area contributed by atoms with Crippen LogP contribution in [0.1, 0.15) is 11.1 Å². The van der Waals surface area contributed by atoms with E-state index >= 15 is 0 Å². The molecule has 3 nitrogen and oxygen atoms in total. The number of anilines is 1. The van der Waals surface area contributed by atoms with E-state index in [4.69, 9.17) is 16.9 Å². The fourth-order valence-electron chi connectivity index (χ4n) is 1.64. The molecule has 1 aromatic carbocycles. The first kappa shape index (κ1) is 10.0. The van der Waals surface area contributed by atoms with Gasteiger partial charge in [-0.05, 0) is 36.6 Å². The second-order valence-corrected chi connectivity index (χ2v) is 4.04. The first-order valence-corrected chi connectivity index (χ1v) is 4.99. The van der Waals surface area contributed by atoms with Crippen molar-refractivity contribution in [3.05, 3.63) is 28.3 Å². The second kappa shape index (κ2) is 3.56. The van der Waals surface area contributed by atoms with E-state index in [1.807, 2.05) is 25.1 Å². The molecule has 1 aliphatic heterocycles. The predicted molar refractivity (Wildman–Crippen MR) is 57.6 cm³/mol. The summed E-state index contributed by atoms with van der Waals surface area (Å²) in [4.78, 5) is 11.4. The van der Waals surface area contributed by atoms with Crippen LogP contribution in [0.3, 0.4) is 0 Å². The summed E-state index contributed by atoms with van der Waals surface area (Å²) in [6.45, 7) is 1.88. The van der Waals surface area contributed by atoms with E-state index in [0.29, 0.717) is 11.4 Å². The first-order valence-electron chi connectivity index (χ1n) is 4.61. The van der Waals surface area contributed by atoms with E-state index in [9.17, 15) is 4.79 Å². The number of nitriles is 1. The van der Waals surface area contributed by atoms with Crippen LogP contribution in [0.25, 0.3) is 0 Å². The maximum atomic E-state index is 11.4. The molecule has 1 unspecified atom stereocenters. The van der Waals surface area contributed by atoms with Gasteiger partial charge in [0.05, 0.1) is 6.07 Å². The minimum atomic E-state index is -0.601. The predicted octanol–water partition coefficient (Wildman–Crippen LogP) is 2.28. The molecule has 1 aromatic rings. The van der Waals surface area contributed by atoms with E-state index in [1.165, 1.54) is 0 Å². The monoisotopic (exact) mass is 220 g/mol. The number of hydrogen-bond donors (Lipinski definition) is 1. The van der Waals surface area contributed by atoms with Gasteiger partial charge in [0.1, 0.15) is 5.92 Å². The Kier molecular flexibility index (Phi) is 2.37. The summed E-state index contributed by atoms with van der Waals surface area (Å²) in [5.74, 6) is -0.831. The third kappa shape index (κ3) is 1.69. The van der Waals surface area contributed by atoms with Crippen LogP contribution in [-0.2, 0) is 11.2 Å². The number of aryl methyl sites for hydroxylation is 1. The maximum Gasteiger partial charge on any atom is 0.242 e. The van der Waals surface area contributed by atoms with Crippen LogP contribution in [0.2, 0.25) is 5.02 Å². The van der Waals surface area contributed by atoms with Crippen LogP contribution in [0.5, 0.6) is 0 Å². The fraction of sp³-hybridized carbons (Fsp3) is 0.273. The molecular weight excluding hydrogens is 212 g/mol. The zero-order chi connectivity index (χ0) is 11.0. The summed E-state index contributed by atoms with van der Waals surface area (Å²) in [6, 6.07) is 5.63. The Hall–Kier alpha value is -1.53. The van der Waals surface area contributed by atoms with Gasteiger partial charge in [0.25, 0.3) is 0 Å². The molecule has 1 amide bonds. The average molecular weight is 221 g/mol. The zero-order valence-electron chi connectivity index (χ0n) is 8.17. The lowest BCUT2D eigenvalue weighted by Gasteiger charge is -2.21. The van der Waals surface area contributed by atoms with E-state index in [0.717, 1.165) is 16.8 Å². The molecule has 0 saturated heterocycles. The van der Waals surface area contributed by atoms with Crippen LogP contribution >= 0.6 is 11.6 Å². The third-order valence-electron chi connectivity index (χ3n) is 2.54. The highest BCUT2D eigenvalue weighted by Crippen LogP contribution is 2.30. The van der Waals surface area contributed by atoms with Crippen LogP contribution in [-0.4, -0.2) is 5.91 Å². The van der Waals surface area contributed by atoms with Crippen molar-refractivity contribution in [3.8, 4) is 6.07 Å². The van der Waals surface area contributed by atoms with Crippen molar-refractivity contribution in [3.63, 3.8) is 0 Å². The number of fused-ring (bicyclic) bond motifs is 1. The normalized spacial score (nSPS) is 19.0. The highest BCUT2D eigenvalue weighted by atomic mass is 35.5. The lowest BCUT2D eigenvalue weighted by Crippen LogP contribution is -2.28. The Labute approximate surface area is 92.7 Å². The molecule has 1 heterocycles.